The third kappa shape index (κ3) is 5.47. The lowest BCUT2D eigenvalue weighted by atomic mass is 9.97. The summed E-state index contributed by atoms with van der Waals surface area (Å²) in [5.41, 5.74) is 6.24. The molecule has 4 rings (SSSR count). The molecule has 2 saturated carbocycles. The minimum atomic E-state index is -0.855. The largest absolute Gasteiger partial charge is 0.349 e. The number of piperidine rings is 1. The van der Waals surface area contributed by atoms with Gasteiger partial charge in [-0.1, -0.05) is 58.8 Å². The van der Waals surface area contributed by atoms with E-state index < -0.39 is 29.8 Å². The first-order valence-corrected chi connectivity index (χ1v) is 13.4. The van der Waals surface area contributed by atoms with Gasteiger partial charge in [-0.2, -0.15) is 0 Å². The Kier molecular flexibility index (Phi) is 7.65. The molecule has 8 nitrogen and oxygen atoms in total. The van der Waals surface area contributed by atoms with Gasteiger partial charge in [0.25, 0.3) is 5.91 Å². The number of hydrogen-bond acceptors (Lipinski definition) is 5. The lowest BCUT2D eigenvalue weighted by Crippen LogP contribution is -2.57. The summed E-state index contributed by atoms with van der Waals surface area (Å²) in [7, 11) is 0. The SMILES string of the molecule is CC1(C)[C@@H]2[C@H]3C(=O)N[C@H](C(=O)C(=O)NCC4CC4)CCCCCCCCC[C@H](N)C(=O)N3C[C@@H]21. The first-order valence-electron chi connectivity index (χ1n) is 13.4. The fraction of sp³-hybridized carbons (Fsp3) is 0.846. The summed E-state index contributed by atoms with van der Waals surface area (Å²) < 4.78 is 0. The fourth-order valence-corrected chi connectivity index (χ4v) is 6.08. The van der Waals surface area contributed by atoms with Gasteiger partial charge in [0.15, 0.2) is 0 Å². The molecule has 0 aromatic heterocycles. The van der Waals surface area contributed by atoms with E-state index in [1.54, 1.807) is 4.90 Å². The molecule has 0 aromatic rings. The Morgan fingerprint density at radius 1 is 1.00 bits per heavy atom. The van der Waals surface area contributed by atoms with E-state index in [1.165, 1.54) is 0 Å². The summed E-state index contributed by atoms with van der Waals surface area (Å²) in [5.74, 6) is -0.884. The highest BCUT2D eigenvalue weighted by Crippen LogP contribution is 2.64. The molecule has 2 aliphatic carbocycles. The van der Waals surface area contributed by atoms with Gasteiger partial charge in [0.05, 0.1) is 12.1 Å². The predicted molar refractivity (Wildman–Crippen MR) is 128 cm³/mol. The first-order chi connectivity index (χ1) is 16.2. The third-order valence-corrected chi connectivity index (χ3v) is 8.69. The molecule has 2 heterocycles. The van der Waals surface area contributed by atoms with Gasteiger partial charge in [0.1, 0.15) is 6.04 Å². The van der Waals surface area contributed by atoms with Crippen molar-refractivity contribution in [1.82, 2.24) is 15.5 Å². The Labute approximate surface area is 203 Å². The average molecular weight is 475 g/mol. The normalized spacial score (nSPS) is 34.6. The summed E-state index contributed by atoms with van der Waals surface area (Å²) in [6.07, 6.45) is 10.2. The van der Waals surface area contributed by atoms with Gasteiger partial charge < -0.3 is 21.3 Å². The van der Waals surface area contributed by atoms with E-state index in [4.69, 9.17) is 5.73 Å². The van der Waals surface area contributed by atoms with Crippen LogP contribution in [0.3, 0.4) is 0 Å². The molecule has 0 spiro atoms. The van der Waals surface area contributed by atoms with E-state index in [2.05, 4.69) is 24.5 Å². The van der Waals surface area contributed by atoms with Crippen molar-refractivity contribution >= 4 is 23.5 Å². The Hall–Kier alpha value is -1.96. The third-order valence-electron chi connectivity index (χ3n) is 8.69. The van der Waals surface area contributed by atoms with E-state index >= 15 is 0 Å². The second kappa shape index (κ2) is 10.3. The van der Waals surface area contributed by atoms with E-state index in [0.29, 0.717) is 31.8 Å². The zero-order valence-corrected chi connectivity index (χ0v) is 20.8. The molecule has 3 amide bonds. The summed E-state index contributed by atoms with van der Waals surface area (Å²) in [5, 5.41) is 5.65. The quantitative estimate of drug-likeness (QED) is 0.537. The number of nitrogens with zero attached hydrogens (tertiary/aromatic N) is 1. The van der Waals surface area contributed by atoms with Crippen LogP contribution in [0.5, 0.6) is 0 Å². The number of Topliss-reactive ketones (excluding diaryl/α,β-unsaturated/α-hetero) is 1. The van der Waals surface area contributed by atoms with Crippen LogP contribution in [0.2, 0.25) is 0 Å². The number of fused-ring (bicyclic) bond motifs is 3. The molecule has 190 valence electrons. The highest BCUT2D eigenvalue weighted by Gasteiger charge is 2.69. The van der Waals surface area contributed by atoms with Crippen molar-refractivity contribution in [2.75, 3.05) is 13.1 Å². The number of hydrogen-bond donors (Lipinski definition) is 3. The van der Waals surface area contributed by atoms with E-state index in [0.717, 1.165) is 57.8 Å². The molecule has 4 N–H and O–H groups in total. The smallest absolute Gasteiger partial charge is 0.289 e. The van der Waals surface area contributed by atoms with Crippen LogP contribution < -0.4 is 16.4 Å². The van der Waals surface area contributed by atoms with Gasteiger partial charge in [-0.25, -0.2) is 0 Å². The van der Waals surface area contributed by atoms with E-state index in [-0.39, 0.29) is 29.1 Å². The molecule has 0 radical (unpaired) electrons. The summed E-state index contributed by atoms with van der Waals surface area (Å²) in [6, 6.07) is -2.09. The second-order valence-corrected chi connectivity index (χ2v) is 11.6. The Balaban J connectivity index is 1.50. The van der Waals surface area contributed by atoms with Gasteiger partial charge in [0.2, 0.25) is 17.6 Å². The zero-order valence-electron chi connectivity index (χ0n) is 20.8. The Bertz CT molecular complexity index is 809. The van der Waals surface area contributed by atoms with Crippen LogP contribution in [-0.2, 0) is 19.2 Å². The van der Waals surface area contributed by atoms with Crippen molar-refractivity contribution in [3.05, 3.63) is 0 Å². The molecule has 4 aliphatic rings. The van der Waals surface area contributed by atoms with Gasteiger partial charge in [0, 0.05) is 13.1 Å². The molecule has 5 atom stereocenters. The van der Waals surface area contributed by atoms with Crippen LogP contribution in [0.15, 0.2) is 0 Å². The van der Waals surface area contributed by atoms with Crippen LogP contribution in [0.25, 0.3) is 0 Å². The minimum absolute atomic E-state index is 0.0230. The van der Waals surface area contributed by atoms with Crippen LogP contribution in [0.4, 0.5) is 0 Å². The molecule has 34 heavy (non-hydrogen) atoms. The van der Waals surface area contributed by atoms with Crippen LogP contribution in [-0.4, -0.2) is 59.6 Å². The predicted octanol–water partition coefficient (Wildman–Crippen LogP) is 1.90. The molecule has 0 unspecified atom stereocenters. The van der Waals surface area contributed by atoms with Crippen molar-refractivity contribution in [2.45, 2.75) is 103 Å². The zero-order chi connectivity index (χ0) is 24.5. The minimum Gasteiger partial charge on any atom is -0.349 e. The second-order valence-electron chi connectivity index (χ2n) is 11.6. The fourth-order valence-electron chi connectivity index (χ4n) is 6.08. The van der Waals surface area contributed by atoms with Gasteiger partial charge in [-0.3, -0.25) is 19.2 Å². The molecule has 0 aromatic carbocycles. The maximum Gasteiger partial charge on any atom is 0.289 e. The van der Waals surface area contributed by atoms with Crippen LogP contribution in [0, 0.1) is 23.2 Å². The number of carbonyl (C=O) groups is 4. The number of carbonyl (C=O) groups excluding carboxylic acids is 4. The average Bonchev–Trinajstić information content (AvgIpc) is 3.67. The molecule has 4 fully saturated rings. The van der Waals surface area contributed by atoms with E-state index in [1.807, 2.05) is 0 Å². The van der Waals surface area contributed by atoms with Crippen molar-refractivity contribution < 1.29 is 19.2 Å². The van der Waals surface area contributed by atoms with Gasteiger partial charge in [-0.15, -0.1) is 0 Å². The number of amides is 3. The molecule has 8 heteroatoms. The highest BCUT2D eigenvalue weighted by atomic mass is 16.2. The first kappa shape index (κ1) is 25.1. The van der Waals surface area contributed by atoms with Crippen molar-refractivity contribution in [3.63, 3.8) is 0 Å². The van der Waals surface area contributed by atoms with Gasteiger partial charge in [-0.05, 0) is 48.9 Å². The standard InChI is InChI=1S/C26H42N4O4/c1-26(2)17-15-30-21(20(17)26)23(32)29-19(22(31)24(33)28-14-16-12-13-16)11-9-7-5-3-4-6-8-10-18(27)25(30)34/h16-21H,3-15,27H2,1-2H3,(H,28,33)(H,29,32)/t17-,18-,19-,20-,21-/m0/s1. The number of rotatable bonds is 4. The number of nitrogens with two attached hydrogens (primary N) is 1. The molecule has 2 saturated heterocycles. The maximum absolute atomic E-state index is 13.5. The molecule has 2 aliphatic heterocycles. The Morgan fingerprint density at radius 3 is 2.26 bits per heavy atom. The maximum atomic E-state index is 13.5. The molecular weight excluding hydrogens is 432 g/mol. The molecular formula is C26H42N4O4. The summed E-state index contributed by atoms with van der Waals surface area (Å²) >= 11 is 0. The van der Waals surface area contributed by atoms with Gasteiger partial charge >= 0.3 is 0 Å². The van der Waals surface area contributed by atoms with Crippen molar-refractivity contribution in [3.8, 4) is 0 Å². The highest BCUT2D eigenvalue weighted by molar-refractivity contribution is 6.38. The lowest BCUT2D eigenvalue weighted by Gasteiger charge is -2.33. The lowest BCUT2D eigenvalue weighted by molar-refractivity contribution is -0.144. The monoisotopic (exact) mass is 474 g/mol. The summed E-state index contributed by atoms with van der Waals surface area (Å²) in [4.78, 5) is 54.0. The Morgan fingerprint density at radius 2 is 1.62 bits per heavy atom. The topological polar surface area (TPSA) is 122 Å². The molecule has 0 bridgehead atoms. The van der Waals surface area contributed by atoms with E-state index in [9.17, 15) is 19.2 Å². The number of nitrogens with one attached hydrogen (secondary N) is 2. The van der Waals surface area contributed by atoms with Crippen molar-refractivity contribution in [1.29, 1.82) is 0 Å². The summed E-state index contributed by atoms with van der Waals surface area (Å²) in [6.45, 7) is 5.31. The number of ketones is 1. The van der Waals surface area contributed by atoms with Crippen LogP contribution >= 0.6 is 0 Å². The van der Waals surface area contributed by atoms with Crippen LogP contribution in [0.1, 0.15) is 84.5 Å². The van der Waals surface area contributed by atoms with Crippen molar-refractivity contribution in [2.24, 2.45) is 28.9 Å².